The lowest BCUT2D eigenvalue weighted by molar-refractivity contribution is 0.104. The van der Waals surface area contributed by atoms with Crippen LogP contribution in [0.1, 0.15) is 35.3 Å². The summed E-state index contributed by atoms with van der Waals surface area (Å²) >= 11 is 0. The number of ketones is 1. The molecule has 3 rings (SSSR count). The Kier molecular flexibility index (Phi) is 4.20. The van der Waals surface area contributed by atoms with Crippen LogP contribution in [0.5, 0.6) is 11.5 Å². The maximum absolute atomic E-state index is 12.4. The highest BCUT2D eigenvalue weighted by molar-refractivity contribution is 6.15. The van der Waals surface area contributed by atoms with Crippen molar-refractivity contribution in [2.24, 2.45) is 0 Å². The van der Waals surface area contributed by atoms with E-state index in [0.717, 1.165) is 22.3 Å². The average Bonchev–Trinajstić information content (AvgIpc) is 2.85. The van der Waals surface area contributed by atoms with Crippen molar-refractivity contribution in [1.29, 1.82) is 0 Å². The van der Waals surface area contributed by atoms with Gasteiger partial charge in [-0.2, -0.15) is 0 Å². The van der Waals surface area contributed by atoms with Crippen molar-refractivity contribution in [3.8, 4) is 11.5 Å². The molecule has 0 aliphatic heterocycles. The van der Waals surface area contributed by atoms with Crippen molar-refractivity contribution >= 4 is 11.9 Å². The molecule has 118 valence electrons. The Hall–Kier alpha value is -2.55. The quantitative estimate of drug-likeness (QED) is 0.790. The Morgan fingerprint density at radius 2 is 1.87 bits per heavy atom. The average molecular weight is 308 g/mol. The van der Waals surface area contributed by atoms with E-state index >= 15 is 0 Å². The Morgan fingerprint density at radius 3 is 2.57 bits per heavy atom. The summed E-state index contributed by atoms with van der Waals surface area (Å²) in [6.45, 7) is 3.95. The van der Waals surface area contributed by atoms with Crippen LogP contribution in [0, 0.1) is 0 Å². The Morgan fingerprint density at radius 1 is 1.09 bits per heavy atom. The number of Topliss-reactive ketones (excluding diaryl/α,β-unsaturated/α-hetero) is 1. The van der Waals surface area contributed by atoms with Crippen LogP contribution < -0.4 is 9.47 Å². The van der Waals surface area contributed by atoms with Crippen molar-refractivity contribution < 1.29 is 14.3 Å². The fourth-order valence-corrected chi connectivity index (χ4v) is 2.80. The van der Waals surface area contributed by atoms with E-state index in [2.05, 4.69) is 0 Å². The molecule has 0 N–H and O–H groups in total. The molecule has 0 atom stereocenters. The van der Waals surface area contributed by atoms with Gasteiger partial charge in [-0.1, -0.05) is 30.3 Å². The maximum Gasteiger partial charge on any atom is 0.189 e. The minimum absolute atomic E-state index is 0.0824. The van der Waals surface area contributed by atoms with E-state index in [4.69, 9.17) is 9.47 Å². The number of carbonyl (C=O) groups is 1. The SMILES string of the molecule is COc1cc(C=C2Cc3ccccc3C2=O)ccc1OC(C)C. The molecule has 0 unspecified atom stereocenters. The molecule has 0 heterocycles. The minimum Gasteiger partial charge on any atom is -0.493 e. The Balaban J connectivity index is 1.90. The summed E-state index contributed by atoms with van der Waals surface area (Å²) in [6, 6.07) is 13.5. The first-order chi connectivity index (χ1) is 11.1. The molecule has 1 aliphatic rings. The normalized spacial score (nSPS) is 15.1. The summed E-state index contributed by atoms with van der Waals surface area (Å²) < 4.78 is 11.1. The fraction of sp³-hybridized carbons (Fsp3) is 0.250. The predicted octanol–water partition coefficient (Wildman–Crippen LogP) is 4.30. The van der Waals surface area contributed by atoms with Gasteiger partial charge in [-0.15, -0.1) is 0 Å². The van der Waals surface area contributed by atoms with Gasteiger partial charge in [-0.3, -0.25) is 4.79 Å². The lowest BCUT2D eigenvalue weighted by atomic mass is 10.1. The van der Waals surface area contributed by atoms with E-state index in [-0.39, 0.29) is 11.9 Å². The summed E-state index contributed by atoms with van der Waals surface area (Å²) in [5.74, 6) is 1.50. The van der Waals surface area contributed by atoms with Gasteiger partial charge < -0.3 is 9.47 Å². The third kappa shape index (κ3) is 3.14. The summed E-state index contributed by atoms with van der Waals surface area (Å²) in [6.07, 6.45) is 2.70. The van der Waals surface area contributed by atoms with Gasteiger partial charge in [0.25, 0.3) is 0 Å². The summed E-state index contributed by atoms with van der Waals surface area (Å²) in [7, 11) is 1.62. The first-order valence-corrected chi connectivity index (χ1v) is 7.76. The van der Waals surface area contributed by atoms with Crippen LogP contribution in [0.4, 0.5) is 0 Å². The summed E-state index contributed by atoms with van der Waals surface area (Å²) in [5, 5.41) is 0. The van der Waals surface area contributed by atoms with Crippen LogP contribution >= 0.6 is 0 Å². The Bertz CT molecular complexity index is 772. The van der Waals surface area contributed by atoms with Crippen molar-refractivity contribution in [3.05, 3.63) is 64.7 Å². The van der Waals surface area contributed by atoms with Crippen LogP contribution in [0.15, 0.2) is 48.0 Å². The molecular formula is C20H20O3. The second kappa shape index (κ2) is 6.29. The van der Waals surface area contributed by atoms with E-state index < -0.39 is 0 Å². The zero-order valence-electron chi connectivity index (χ0n) is 13.6. The number of carbonyl (C=O) groups excluding carboxylic acids is 1. The van der Waals surface area contributed by atoms with E-state index in [9.17, 15) is 4.79 Å². The van der Waals surface area contributed by atoms with Crippen LogP contribution in [0.2, 0.25) is 0 Å². The highest BCUT2D eigenvalue weighted by atomic mass is 16.5. The molecule has 2 aromatic rings. The zero-order chi connectivity index (χ0) is 16.4. The summed E-state index contributed by atoms with van der Waals surface area (Å²) in [5.41, 5.74) is 3.65. The second-order valence-electron chi connectivity index (χ2n) is 5.91. The number of benzene rings is 2. The monoisotopic (exact) mass is 308 g/mol. The summed E-state index contributed by atoms with van der Waals surface area (Å²) in [4.78, 5) is 12.4. The minimum atomic E-state index is 0.0824. The van der Waals surface area contributed by atoms with Crippen molar-refractivity contribution in [3.63, 3.8) is 0 Å². The van der Waals surface area contributed by atoms with E-state index in [1.165, 1.54) is 0 Å². The third-order valence-corrected chi connectivity index (χ3v) is 3.83. The molecule has 23 heavy (non-hydrogen) atoms. The second-order valence-corrected chi connectivity index (χ2v) is 5.91. The maximum atomic E-state index is 12.4. The molecule has 0 radical (unpaired) electrons. The number of allylic oxidation sites excluding steroid dienone is 1. The first kappa shape index (κ1) is 15.3. The van der Waals surface area contributed by atoms with E-state index in [0.29, 0.717) is 17.9 Å². The first-order valence-electron chi connectivity index (χ1n) is 7.76. The highest BCUT2D eigenvalue weighted by Crippen LogP contribution is 2.32. The molecule has 2 aromatic carbocycles. The van der Waals surface area contributed by atoms with Crippen molar-refractivity contribution in [2.45, 2.75) is 26.4 Å². The molecule has 0 bridgehead atoms. The number of methoxy groups -OCH3 is 1. The number of hydrogen-bond acceptors (Lipinski definition) is 3. The van der Waals surface area contributed by atoms with Gasteiger partial charge in [0.1, 0.15) is 0 Å². The number of hydrogen-bond donors (Lipinski definition) is 0. The predicted molar refractivity (Wildman–Crippen MR) is 91.2 cm³/mol. The van der Waals surface area contributed by atoms with Crippen LogP contribution in [-0.4, -0.2) is 19.0 Å². The number of rotatable bonds is 4. The molecule has 0 saturated heterocycles. The lowest BCUT2D eigenvalue weighted by Gasteiger charge is -2.13. The number of ether oxygens (including phenoxy) is 2. The van der Waals surface area contributed by atoms with Crippen molar-refractivity contribution in [1.82, 2.24) is 0 Å². The fourth-order valence-electron chi connectivity index (χ4n) is 2.80. The van der Waals surface area contributed by atoms with E-state index in [1.54, 1.807) is 7.11 Å². The third-order valence-electron chi connectivity index (χ3n) is 3.83. The highest BCUT2D eigenvalue weighted by Gasteiger charge is 2.24. The topological polar surface area (TPSA) is 35.5 Å². The van der Waals surface area contributed by atoms with Gasteiger partial charge >= 0.3 is 0 Å². The molecule has 0 spiro atoms. The Labute approximate surface area is 136 Å². The molecule has 0 fully saturated rings. The van der Waals surface area contributed by atoms with Gasteiger partial charge in [0.05, 0.1) is 13.2 Å². The van der Waals surface area contributed by atoms with Crippen LogP contribution in [-0.2, 0) is 6.42 Å². The molecule has 0 amide bonds. The number of fused-ring (bicyclic) bond motifs is 1. The molecule has 0 aromatic heterocycles. The van der Waals surface area contributed by atoms with E-state index in [1.807, 2.05) is 62.4 Å². The van der Waals surface area contributed by atoms with Gasteiger partial charge in [0, 0.05) is 17.6 Å². The molecule has 3 heteroatoms. The van der Waals surface area contributed by atoms with Crippen LogP contribution in [0.3, 0.4) is 0 Å². The van der Waals surface area contributed by atoms with Crippen LogP contribution in [0.25, 0.3) is 6.08 Å². The molecule has 1 aliphatic carbocycles. The lowest BCUT2D eigenvalue weighted by Crippen LogP contribution is -2.06. The van der Waals surface area contributed by atoms with Gasteiger partial charge in [0.15, 0.2) is 17.3 Å². The molecular weight excluding hydrogens is 288 g/mol. The zero-order valence-corrected chi connectivity index (χ0v) is 13.6. The largest absolute Gasteiger partial charge is 0.493 e. The standard InChI is InChI=1S/C20H20O3/c1-13(2)23-18-9-8-14(11-19(18)22-3)10-16-12-15-6-4-5-7-17(15)20(16)21/h4-11,13H,12H2,1-3H3. The van der Waals surface area contributed by atoms with Gasteiger partial charge in [0.2, 0.25) is 0 Å². The van der Waals surface area contributed by atoms with Gasteiger partial charge in [-0.25, -0.2) is 0 Å². The van der Waals surface area contributed by atoms with Crippen molar-refractivity contribution in [2.75, 3.05) is 7.11 Å². The van der Waals surface area contributed by atoms with Gasteiger partial charge in [-0.05, 0) is 43.2 Å². The molecule has 0 saturated carbocycles. The smallest absolute Gasteiger partial charge is 0.189 e. The molecule has 3 nitrogen and oxygen atoms in total.